The van der Waals surface area contributed by atoms with Crippen LogP contribution in [0.1, 0.15) is 25.3 Å². The summed E-state index contributed by atoms with van der Waals surface area (Å²) in [6.45, 7) is 2.74. The SMILES string of the molecule is CC(c1ccc2c(c1)OCO2)C(C(=O)N[C@@H](C)C(=O)O)P(=O)(O)O. The van der Waals surface area contributed by atoms with Gasteiger partial charge >= 0.3 is 13.6 Å². The number of amides is 1. The smallest absolute Gasteiger partial charge is 0.338 e. The zero-order valence-corrected chi connectivity index (χ0v) is 13.9. The first-order chi connectivity index (χ1) is 11.1. The lowest BCUT2D eigenvalue weighted by molar-refractivity contribution is -0.141. The highest BCUT2D eigenvalue weighted by molar-refractivity contribution is 7.53. The minimum Gasteiger partial charge on any atom is -0.480 e. The molecule has 1 aromatic rings. The maximum Gasteiger partial charge on any atom is 0.338 e. The molecule has 1 amide bonds. The number of carboxylic acids is 1. The fraction of sp³-hybridized carbons (Fsp3) is 0.429. The summed E-state index contributed by atoms with van der Waals surface area (Å²) in [6, 6.07) is 3.44. The van der Waals surface area contributed by atoms with Crippen molar-refractivity contribution in [3.05, 3.63) is 23.8 Å². The van der Waals surface area contributed by atoms with Crippen molar-refractivity contribution in [2.45, 2.75) is 31.5 Å². The number of hydrogen-bond donors (Lipinski definition) is 4. The molecule has 0 bridgehead atoms. The van der Waals surface area contributed by atoms with Crippen LogP contribution in [0.5, 0.6) is 11.5 Å². The van der Waals surface area contributed by atoms with Gasteiger partial charge in [-0.1, -0.05) is 13.0 Å². The molecule has 1 aliphatic rings. The Bertz CT molecular complexity index is 700. The fourth-order valence-corrected chi connectivity index (χ4v) is 3.54. The Morgan fingerprint density at radius 1 is 1.21 bits per heavy atom. The fourth-order valence-electron chi connectivity index (χ4n) is 2.41. The van der Waals surface area contributed by atoms with Gasteiger partial charge in [-0.05, 0) is 24.6 Å². The van der Waals surface area contributed by atoms with E-state index < -0.39 is 37.1 Å². The summed E-state index contributed by atoms with van der Waals surface area (Å²) in [5.74, 6) is -2.28. The van der Waals surface area contributed by atoms with E-state index in [1.54, 1.807) is 18.2 Å². The van der Waals surface area contributed by atoms with E-state index in [-0.39, 0.29) is 6.79 Å². The Kier molecular flexibility index (Phi) is 5.17. The Labute approximate surface area is 137 Å². The third kappa shape index (κ3) is 3.87. The van der Waals surface area contributed by atoms with Gasteiger partial charge in [0.25, 0.3) is 0 Å². The second-order valence-electron chi connectivity index (χ2n) is 5.50. The maximum absolute atomic E-state index is 12.2. The first kappa shape index (κ1) is 18.3. The number of hydrogen-bond acceptors (Lipinski definition) is 5. The average molecular weight is 359 g/mol. The van der Waals surface area contributed by atoms with Crippen molar-refractivity contribution in [2.24, 2.45) is 0 Å². The highest BCUT2D eigenvalue weighted by Gasteiger charge is 2.42. The van der Waals surface area contributed by atoms with Gasteiger partial charge in [-0.3, -0.25) is 14.2 Å². The van der Waals surface area contributed by atoms with Crippen molar-refractivity contribution >= 4 is 19.5 Å². The number of nitrogens with one attached hydrogen (secondary N) is 1. The number of carbonyl (C=O) groups is 2. The third-order valence-electron chi connectivity index (χ3n) is 3.76. The Morgan fingerprint density at radius 2 is 1.83 bits per heavy atom. The van der Waals surface area contributed by atoms with Gasteiger partial charge in [0, 0.05) is 5.92 Å². The number of rotatable bonds is 6. The predicted octanol–water partition coefficient (Wildman–Crippen LogP) is 0.654. The third-order valence-corrected chi connectivity index (χ3v) is 5.16. The molecule has 0 saturated carbocycles. The van der Waals surface area contributed by atoms with Crippen molar-refractivity contribution in [3.8, 4) is 11.5 Å². The van der Waals surface area contributed by atoms with Crippen LogP contribution in [0.25, 0.3) is 0 Å². The van der Waals surface area contributed by atoms with Gasteiger partial charge < -0.3 is 29.7 Å². The molecule has 2 unspecified atom stereocenters. The number of carboxylic acid groups (broad SMARTS) is 1. The molecule has 0 fully saturated rings. The topological polar surface area (TPSA) is 142 Å². The molecule has 10 heteroatoms. The van der Waals surface area contributed by atoms with E-state index >= 15 is 0 Å². The molecule has 0 spiro atoms. The van der Waals surface area contributed by atoms with E-state index in [4.69, 9.17) is 14.6 Å². The molecule has 0 radical (unpaired) electrons. The zero-order valence-electron chi connectivity index (χ0n) is 13.0. The van der Waals surface area contributed by atoms with Crippen molar-refractivity contribution in [3.63, 3.8) is 0 Å². The molecule has 4 N–H and O–H groups in total. The van der Waals surface area contributed by atoms with Crippen molar-refractivity contribution < 1.29 is 38.5 Å². The molecule has 132 valence electrons. The van der Waals surface area contributed by atoms with Crippen molar-refractivity contribution in [1.82, 2.24) is 5.32 Å². The minimum atomic E-state index is -4.84. The lowest BCUT2D eigenvalue weighted by Gasteiger charge is -2.25. The molecule has 3 atom stereocenters. The molecule has 1 heterocycles. The summed E-state index contributed by atoms with van der Waals surface area (Å²) < 4.78 is 22.2. The molecule has 1 aromatic carbocycles. The van der Waals surface area contributed by atoms with E-state index in [9.17, 15) is 23.9 Å². The number of fused-ring (bicyclic) bond motifs is 1. The molecule has 1 aliphatic heterocycles. The maximum atomic E-state index is 12.2. The Balaban J connectivity index is 2.29. The van der Waals surface area contributed by atoms with Gasteiger partial charge in [0.1, 0.15) is 11.7 Å². The van der Waals surface area contributed by atoms with Crippen LogP contribution >= 0.6 is 7.60 Å². The lowest BCUT2D eigenvalue weighted by atomic mass is 9.96. The molecule has 0 aromatic heterocycles. The molecule has 9 nitrogen and oxygen atoms in total. The minimum absolute atomic E-state index is 0.0473. The van der Waals surface area contributed by atoms with Crippen LogP contribution in [-0.2, 0) is 14.2 Å². The van der Waals surface area contributed by atoms with Gasteiger partial charge in [0.2, 0.25) is 12.7 Å². The Morgan fingerprint density at radius 3 is 2.42 bits per heavy atom. The molecule has 0 aliphatic carbocycles. The highest BCUT2D eigenvalue weighted by Crippen LogP contribution is 2.49. The second kappa shape index (κ2) is 6.80. The van der Waals surface area contributed by atoms with Crippen LogP contribution in [0.3, 0.4) is 0 Å². The molecule has 0 saturated heterocycles. The summed E-state index contributed by atoms with van der Waals surface area (Å²) in [5, 5.41) is 10.9. The van der Waals surface area contributed by atoms with Crippen LogP contribution in [0.2, 0.25) is 0 Å². The van der Waals surface area contributed by atoms with Crippen LogP contribution in [0.4, 0.5) is 0 Å². The van der Waals surface area contributed by atoms with Gasteiger partial charge in [0.05, 0.1) is 0 Å². The monoisotopic (exact) mass is 359 g/mol. The standard InChI is InChI=1S/C14H18NO8P/c1-7(9-3-4-10-11(5-9)23-6-22-10)12(24(19,20)21)13(16)15-8(2)14(17)18/h3-5,7-8,12H,6H2,1-2H3,(H,15,16)(H,17,18)(H2,19,20,21)/t7?,8-,12?/m0/s1. The predicted molar refractivity (Wildman–Crippen MR) is 82.1 cm³/mol. The van der Waals surface area contributed by atoms with Crippen LogP contribution in [0.15, 0.2) is 18.2 Å². The lowest BCUT2D eigenvalue weighted by Crippen LogP contribution is -2.45. The second-order valence-corrected chi connectivity index (χ2v) is 7.24. The van der Waals surface area contributed by atoms with E-state index in [1.807, 2.05) is 0 Å². The summed E-state index contributed by atoms with van der Waals surface area (Å²) in [5.41, 5.74) is -1.26. The van der Waals surface area contributed by atoms with Gasteiger partial charge in [-0.25, -0.2) is 0 Å². The largest absolute Gasteiger partial charge is 0.480 e. The number of carbonyl (C=O) groups excluding carboxylic acids is 1. The summed E-state index contributed by atoms with van der Waals surface area (Å²) in [4.78, 5) is 42.2. The first-order valence-corrected chi connectivity index (χ1v) is 8.77. The van der Waals surface area contributed by atoms with Crippen molar-refractivity contribution in [1.29, 1.82) is 0 Å². The van der Waals surface area contributed by atoms with Gasteiger partial charge in [-0.2, -0.15) is 0 Å². The normalized spacial score (nSPS) is 17.0. The highest BCUT2D eigenvalue weighted by atomic mass is 31.2. The van der Waals surface area contributed by atoms with Gasteiger partial charge in [0.15, 0.2) is 11.5 Å². The van der Waals surface area contributed by atoms with Crippen LogP contribution in [0, 0.1) is 0 Å². The zero-order chi connectivity index (χ0) is 18.1. The van der Waals surface area contributed by atoms with E-state index in [0.717, 1.165) is 0 Å². The molecule has 2 rings (SSSR count). The summed E-state index contributed by atoms with van der Waals surface area (Å²) in [6.07, 6.45) is 0. The quantitative estimate of drug-likeness (QED) is 0.543. The van der Waals surface area contributed by atoms with E-state index in [1.165, 1.54) is 13.8 Å². The molecule has 24 heavy (non-hydrogen) atoms. The van der Waals surface area contributed by atoms with E-state index in [0.29, 0.717) is 17.1 Å². The van der Waals surface area contributed by atoms with Crippen molar-refractivity contribution in [2.75, 3.05) is 6.79 Å². The number of aliphatic carboxylic acids is 1. The molecular weight excluding hydrogens is 341 g/mol. The summed E-state index contributed by atoms with van der Waals surface area (Å²) in [7, 11) is -4.84. The Hall–Kier alpha value is -2.09. The van der Waals surface area contributed by atoms with E-state index in [2.05, 4.69) is 5.32 Å². The number of ether oxygens (including phenoxy) is 2. The average Bonchev–Trinajstić information content (AvgIpc) is 2.92. The van der Waals surface area contributed by atoms with Gasteiger partial charge in [-0.15, -0.1) is 0 Å². The first-order valence-electron chi connectivity index (χ1n) is 7.09. The van der Waals surface area contributed by atoms with Crippen LogP contribution < -0.4 is 14.8 Å². The number of benzene rings is 1. The molecular formula is C14H18NO8P. The van der Waals surface area contributed by atoms with Crippen LogP contribution in [-0.4, -0.2) is 45.3 Å². The summed E-state index contributed by atoms with van der Waals surface area (Å²) >= 11 is 0.